The number of rotatable bonds is 3. The molecule has 0 spiro atoms. The molecule has 0 unspecified atom stereocenters. The minimum Gasteiger partial charge on any atom is -0.302 e. The number of amides is 1. The van der Waals surface area contributed by atoms with E-state index in [2.05, 4.69) is 15.3 Å². The van der Waals surface area contributed by atoms with Gasteiger partial charge >= 0.3 is 0 Å². The highest BCUT2D eigenvalue weighted by Gasteiger charge is 2.11. The summed E-state index contributed by atoms with van der Waals surface area (Å²) in [6.45, 7) is 0. The topological polar surface area (TPSA) is 76.9 Å². The van der Waals surface area contributed by atoms with Crippen LogP contribution >= 0.6 is 0 Å². The second-order valence-electron chi connectivity index (χ2n) is 4.62. The molecule has 0 radical (unpaired) electrons. The number of hydrogen-bond donors (Lipinski definition) is 1. The van der Waals surface area contributed by atoms with Gasteiger partial charge in [0.2, 0.25) is 0 Å². The molecular weight excluding hydrogens is 299 g/mol. The van der Waals surface area contributed by atoms with Gasteiger partial charge in [-0.25, -0.2) is 9.37 Å². The Morgan fingerprint density at radius 1 is 1.04 bits per heavy atom. The summed E-state index contributed by atoms with van der Waals surface area (Å²) in [7, 11) is 0. The van der Waals surface area contributed by atoms with Gasteiger partial charge in [0.05, 0.1) is 0 Å². The van der Waals surface area contributed by atoms with E-state index in [1.807, 2.05) is 0 Å². The third-order valence-electron chi connectivity index (χ3n) is 3.12. The van der Waals surface area contributed by atoms with Crippen LogP contribution in [0.2, 0.25) is 0 Å². The van der Waals surface area contributed by atoms with Crippen LogP contribution in [0.15, 0.2) is 66.0 Å². The molecule has 0 aliphatic carbocycles. The first-order valence-electron chi connectivity index (χ1n) is 6.70. The van der Waals surface area contributed by atoms with Crippen molar-refractivity contribution in [1.82, 2.24) is 14.5 Å². The molecule has 2 heterocycles. The van der Waals surface area contributed by atoms with E-state index in [1.165, 1.54) is 65.8 Å². The summed E-state index contributed by atoms with van der Waals surface area (Å²) in [6, 6.07) is 8.47. The fourth-order valence-electron chi connectivity index (χ4n) is 1.99. The Hall–Kier alpha value is -3.35. The van der Waals surface area contributed by atoms with Crippen LogP contribution in [-0.4, -0.2) is 20.4 Å². The monoisotopic (exact) mass is 310 g/mol. The van der Waals surface area contributed by atoms with Crippen molar-refractivity contribution >= 4 is 11.7 Å². The van der Waals surface area contributed by atoms with Gasteiger partial charge in [-0.05, 0) is 36.4 Å². The van der Waals surface area contributed by atoms with Crippen molar-refractivity contribution < 1.29 is 9.18 Å². The molecule has 0 aliphatic rings. The minimum absolute atomic E-state index is 0.112. The molecule has 2 aromatic heterocycles. The number of halogens is 1. The number of benzene rings is 1. The molecule has 1 amide bonds. The molecule has 0 bridgehead atoms. The molecule has 0 saturated heterocycles. The van der Waals surface area contributed by atoms with Crippen LogP contribution in [0.25, 0.3) is 5.69 Å². The van der Waals surface area contributed by atoms with E-state index in [0.29, 0.717) is 11.3 Å². The highest BCUT2D eigenvalue weighted by Crippen LogP contribution is 2.08. The van der Waals surface area contributed by atoms with E-state index in [-0.39, 0.29) is 5.82 Å². The summed E-state index contributed by atoms with van der Waals surface area (Å²) in [5.74, 6) is -0.977. The molecule has 6 nitrogen and oxygen atoms in total. The number of hydrogen-bond acceptors (Lipinski definition) is 4. The fourth-order valence-corrected chi connectivity index (χ4v) is 1.99. The first kappa shape index (κ1) is 14.6. The van der Waals surface area contributed by atoms with Crippen LogP contribution in [0.3, 0.4) is 0 Å². The summed E-state index contributed by atoms with van der Waals surface area (Å²) in [4.78, 5) is 32.2. The molecule has 1 aromatic carbocycles. The van der Waals surface area contributed by atoms with E-state index < -0.39 is 17.3 Å². The zero-order chi connectivity index (χ0) is 16.2. The second-order valence-corrected chi connectivity index (χ2v) is 4.62. The van der Waals surface area contributed by atoms with Gasteiger partial charge < -0.3 is 5.32 Å². The van der Waals surface area contributed by atoms with E-state index in [0.717, 1.165) is 0 Å². The Morgan fingerprint density at radius 3 is 2.43 bits per heavy atom. The van der Waals surface area contributed by atoms with Gasteiger partial charge in [-0.3, -0.25) is 19.1 Å². The first-order chi connectivity index (χ1) is 11.1. The molecule has 7 heteroatoms. The molecule has 3 rings (SSSR count). The molecule has 3 aromatic rings. The summed E-state index contributed by atoms with van der Waals surface area (Å²) in [5.41, 5.74) is 0.318. The smallest absolute Gasteiger partial charge is 0.298 e. The van der Waals surface area contributed by atoms with Gasteiger partial charge in [-0.1, -0.05) is 0 Å². The fraction of sp³-hybridized carbons (Fsp3) is 0. The summed E-state index contributed by atoms with van der Waals surface area (Å²) < 4.78 is 14.3. The standard InChI is InChI=1S/C16H11FN4O2/c17-12-1-3-13(4-2-12)21-10-9-19-14(16(21)23)20-15(22)11-5-7-18-8-6-11/h1-10H,(H,19,20,22). The van der Waals surface area contributed by atoms with Crippen LogP contribution in [0.1, 0.15) is 10.4 Å². The molecule has 114 valence electrons. The molecule has 23 heavy (non-hydrogen) atoms. The van der Waals surface area contributed by atoms with Crippen molar-refractivity contribution in [1.29, 1.82) is 0 Å². The lowest BCUT2D eigenvalue weighted by Crippen LogP contribution is -2.26. The lowest BCUT2D eigenvalue weighted by Gasteiger charge is -2.08. The molecule has 0 aliphatic heterocycles. The van der Waals surface area contributed by atoms with Crippen molar-refractivity contribution in [3.05, 3.63) is 82.9 Å². The van der Waals surface area contributed by atoms with Gasteiger partial charge in [0.25, 0.3) is 11.5 Å². The number of carbonyl (C=O) groups is 1. The highest BCUT2D eigenvalue weighted by molar-refractivity contribution is 6.03. The normalized spacial score (nSPS) is 10.3. The van der Waals surface area contributed by atoms with Crippen LogP contribution in [0.5, 0.6) is 0 Å². The van der Waals surface area contributed by atoms with Gasteiger partial charge in [-0.15, -0.1) is 0 Å². The second kappa shape index (κ2) is 6.18. The van der Waals surface area contributed by atoms with E-state index in [1.54, 1.807) is 0 Å². The Balaban J connectivity index is 1.93. The van der Waals surface area contributed by atoms with Gasteiger partial charge in [-0.2, -0.15) is 0 Å². The van der Waals surface area contributed by atoms with Crippen molar-refractivity contribution in [2.24, 2.45) is 0 Å². The van der Waals surface area contributed by atoms with Gasteiger partial charge in [0.15, 0.2) is 5.82 Å². The third-order valence-corrected chi connectivity index (χ3v) is 3.12. The summed E-state index contributed by atoms with van der Waals surface area (Å²) in [5, 5.41) is 2.46. The molecule has 0 fully saturated rings. The Bertz CT molecular complexity index is 892. The summed E-state index contributed by atoms with van der Waals surface area (Å²) in [6.07, 6.45) is 5.78. The number of aromatic nitrogens is 3. The Kier molecular flexibility index (Phi) is 3.92. The molecule has 1 N–H and O–H groups in total. The zero-order valence-electron chi connectivity index (χ0n) is 11.8. The Labute approximate surface area is 130 Å². The van der Waals surface area contributed by atoms with E-state index in [9.17, 15) is 14.0 Å². The lowest BCUT2D eigenvalue weighted by atomic mass is 10.2. The largest absolute Gasteiger partial charge is 0.302 e. The number of pyridine rings is 1. The van der Waals surface area contributed by atoms with Crippen molar-refractivity contribution in [2.45, 2.75) is 0 Å². The maximum Gasteiger partial charge on any atom is 0.298 e. The number of anilines is 1. The molecule has 0 saturated carbocycles. The number of nitrogens with zero attached hydrogens (tertiary/aromatic N) is 3. The molecular formula is C16H11FN4O2. The number of carbonyl (C=O) groups excluding carboxylic acids is 1. The quantitative estimate of drug-likeness (QED) is 0.803. The van der Waals surface area contributed by atoms with Gasteiger partial charge in [0, 0.05) is 36.0 Å². The van der Waals surface area contributed by atoms with Crippen LogP contribution in [-0.2, 0) is 0 Å². The highest BCUT2D eigenvalue weighted by atomic mass is 19.1. The number of nitrogens with one attached hydrogen (secondary N) is 1. The van der Waals surface area contributed by atoms with Crippen molar-refractivity contribution in [3.8, 4) is 5.69 Å². The van der Waals surface area contributed by atoms with Crippen LogP contribution < -0.4 is 10.9 Å². The maximum absolute atomic E-state index is 13.0. The van der Waals surface area contributed by atoms with Crippen LogP contribution in [0.4, 0.5) is 10.2 Å². The average molecular weight is 310 g/mol. The molecule has 0 atom stereocenters. The third kappa shape index (κ3) is 3.13. The van der Waals surface area contributed by atoms with E-state index >= 15 is 0 Å². The van der Waals surface area contributed by atoms with Crippen molar-refractivity contribution in [3.63, 3.8) is 0 Å². The van der Waals surface area contributed by atoms with E-state index in [4.69, 9.17) is 0 Å². The average Bonchev–Trinajstić information content (AvgIpc) is 2.58. The van der Waals surface area contributed by atoms with Crippen LogP contribution in [0, 0.1) is 5.82 Å². The SMILES string of the molecule is O=C(Nc1nccn(-c2ccc(F)cc2)c1=O)c1ccncc1. The minimum atomic E-state index is -0.512. The summed E-state index contributed by atoms with van der Waals surface area (Å²) >= 11 is 0. The van der Waals surface area contributed by atoms with Crippen molar-refractivity contribution in [2.75, 3.05) is 5.32 Å². The Morgan fingerprint density at radius 2 is 1.74 bits per heavy atom. The maximum atomic E-state index is 13.0. The predicted molar refractivity (Wildman–Crippen MR) is 82.0 cm³/mol. The lowest BCUT2D eigenvalue weighted by molar-refractivity contribution is 0.102. The van der Waals surface area contributed by atoms with Gasteiger partial charge in [0.1, 0.15) is 5.82 Å². The first-order valence-corrected chi connectivity index (χ1v) is 6.70. The zero-order valence-corrected chi connectivity index (χ0v) is 11.8. The predicted octanol–water partition coefficient (Wildman–Crippen LogP) is 2.02.